The van der Waals surface area contributed by atoms with Gasteiger partial charge in [-0.1, -0.05) is 6.42 Å². The lowest BCUT2D eigenvalue weighted by atomic mass is 10.1. The molecule has 1 saturated heterocycles. The standard InChI is InChI=1S/C19H27NO5S/c1-23-14-8-9-16(24-2)15(13-14)19-20(17(21)10-12-26-19)11-6-4-5-7-18(22)25-3/h8-9,13,19H,4-7,10-12H2,1-3H3. The second-order valence-corrected chi connectivity index (χ2v) is 7.24. The minimum atomic E-state index is -0.186. The van der Waals surface area contributed by atoms with Gasteiger partial charge >= 0.3 is 5.97 Å². The van der Waals surface area contributed by atoms with Gasteiger partial charge in [-0.3, -0.25) is 9.59 Å². The second-order valence-electron chi connectivity index (χ2n) is 6.05. The number of carbonyl (C=O) groups excluding carboxylic acids is 2. The summed E-state index contributed by atoms with van der Waals surface area (Å²) in [6, 6.07) is 5.68. The molecule has 0 bridgehead atoms. The van der Waals surface area contributed by atoms with Gasteiger partial charge < -0.3 is 19.1 Å². The molecule has 0 N–H and O–H groups in total. The quantitative estimate of drug-likeness (QED) is 0.482. The molecule has 6 nitrogen and oxygen atoms in total. The molecule has 1 heterocycles. The van der Waals surface area contributed by atoms with Crippen molar-refractivity contribution in [2.24, 2.45) is 0 Å². The fourth-order valence-corrected chi connectivity index (χ4v) is 4.27. The van der Waals surface area contributed by atoms with E-state index in [0.29, 0.717) is 19.4 Å². The Morgan fingerprint density at radius 2 is 2.00 bits per heavy atom. The number of esters is 1. The maximum atomic E-state index is 12.5. The van der Waals surface area contributed by atoms with Gasteiger partial charge in [-0.15, -0.1) is 11.8 Å². The Kier molecular flexibility index (Phi) is 8.09. The van der Waals surface area contributed by atoms with Gasteiger partial charge in [0.05, 0.1) is 21.3 Å². The third kappa shape index (κ3) is 5.30. The smallest absolute Gasteiger partial charge is 0.305 e. The van der Waals surface area contributed by atoms with Crippen LogP contribution in [0.2, 0.25) is 0 Å². The van der Waals surface area contributed by atoms with Crippen LogP contribution in [0.15, 0.2) is 18.2 Å². The van der Waals surface area contributed by atoms with E-state index >= 15 is 0 Å². The topological polar surface area (TPSA) is 65.1 Å². The lowest BCUT2D eigenvalue weighted by Gasteiger charge is -2.36. The normalized spacial score (nSPS) is 17.1. The molecule has 1 aliphatic rings. The molecular formula is C19H27NO5S. The highest BCUT2D eigenvalue weighted by atomic mass is 32.2. The number of amides is 1. The average Bonchev–Trinajstić information content (AvgIpc) is 2.67. The monoisotopic (exact) mass is 381 g/mol. The maximum Gasteiger partial charge on any atom is 0.305 e. The van der Waals surface area contributed by atoms with Crippen LogP contribution in [0.5, 0.6) is 11.5 Å². The van der Waals surface area contributed by atoms with Crippen molar-refractivity contribution >= 4 is 23.6 Å². The summed E-state index contributed by atoms with van der Waals surface area (Å²) >= 11 is 1.74. The number of carbonyl (C=O) groups is 2. The molecule has 1 fully saturated rings. The van der Waals surface area contributed by atoms with Crippen LogP contribution in [0.1, 0.15) is 43.0 Å². The first kappa shape index (κ1) is 20.4. The summed E-state index contributed by atoms with van der Waals surface area (Å²) in [5.74, 6) is 2.27. The zero-order chi connectivity index (χ0) is 18.9. The number of rotatable bonds is 9. The van der Waals surface area contributed by atoms with E-state index in [4.69, 9.17) is 9.47 Å². The fraction of sp³-hybridized carbons (Fsp3) is 0.579. The van der Waals surface area contributed by atoms with E-state index in [2.05, 4.69) is 4.74 Å². The lowest BCUT2D eigenvalue weighted by molar-refractivity contribution is -0.140. The predicted octanol–water partition coefficient (Wildman–Crippen LogP) is 3.40. The number of hydrogen-bond acceptors (Lipinski definition) is 6. The van der Waals surface area contributed by atoms with Crippen molar-refractivity contribution in [2.75, 3.05) is 33.6 Å². The molecule has 1 aromatic rings. The highest BCUT2D eigenvalue weighted by molar-refractivity contribution is 7.99. The Labute approximate surface area is 159 Å². The number of nitrogens with zero attached hydrogens (tertiary/aromatic N) is 1. The van der Waals surface area contributed by atoms with Gasteiger partial charge in [0, 0.05) is 30.7 Å². The van der Waals surface area contributed by atoms with Gasteiger partial charge in [0.2, 0.25) is 5.91 Å². The first-order chi connectivity index (χ1) is 12.6. The summed E-state index contributed by atoms with van der Waals surface area (Å²) in [5.41, 5.74) is 0.958. The molecule has 0 spiro atoms. The second kappa shape index (κ2) is 10.3. The summed E-state index contributed by atoms with van der Waals surface area (Å²) in [6.45, 7) is 0.665. The molecule has 26 heavy (non-hydrogen) atoms. The fourth-order valence-electron chi connectivity index (χ4n) is 2.98. The molecule has 1 amide bonds. The zero-order valence-corrected chi connectivity index (χ0v) is 16.5. The third-order valence-corrected chi connectivity index (χ3v) is 5.67. The van der Waals surface area contributed by atoms with Crippen molar-refractivity contribution in [1.82, 2.24) is 4.90 Å². The average molecular weight is 381 g/mol. The molecular weight excluding hydrogens is 354 g/mol. The largest absolute Gasteiger partial charge is 0.497 e. The van der Waals surface area contributed by atoms with Crippen LogP contribution in [0.3, 0.4) is 0 Å². The third-order valence-electron chi connectivity index (χ3n) is 4.41. The summed E-state index contributed by atoms with van der Waals surface area (Å²) in [6.07, 6.45) is 3.48. The van der Waals surface area contributed by atoms with Crippen LogP contribution in [0, 0.1) is 0 Å². The minimum Gasteiger partial charge on any atom is -0.497 e. The van der Waals surface area contributed by atoms with Crippen LogP contribution in [-0.4, -0.2) is 50.4 Å². The van der Waals surface area contributed by atoms with Crippen LogP contribution >= 0.6 is 11.8 Å². The molecule has 1 unspecified atom stereocenters. The van der Waals surface area contributed by atoms with E-state index in [9.17, 15) is 9.59 Å². The Morgan fingerprint density at radius 3 is 2.69 bits per heavy atom. The summed E-state index contributed by atoms with van der Waals surface area (Å²) in [7, 11) is 4.67. The summed E-state index contributed by atoms with van der Waals surface area (Å²) in [4.78, 5) is 25.6. The van der Waals surface area contributed by atoms with Crippen LogP contribution < -0.4 is 9.47 Å². The van der Waals surface area contributed by atoms with Gasteiger partial charge in [-0.25, -0.2) is 0 Å². The lowest BCUT2D eigenvalue weighted by Crippen LogP contribution is -2.38. The van der Waals surface area contributed by atoms with Gasteiger partial charge in [0.1, 0.15) is 16.9 Å². The van der Waals surface area contributed by atoms with Gasteiger partial charge in [-0.05, 0) is 31.0 Å². The molecule has 144 valence electrons. The van der Waals surface area contributed by atoms with Crippen LogP contribution in [-0.2, 0) is 14.3 Å². The highest BCUT2D eigenvalue weighted by Crippen LogP contribution is 2.42. The van der Waals surface area contributed by atoms with Gasteiger partial charge in [0.15, 0.2) is 0 Å². The van der Waals surface area contributed by atoms with Crippen molar-refractivity contribution in [1.29, 1.82) is 0 Å². The molecule has 1 aliphatic heterocycles. The van der Waals surface area contributed by atoms with E-state index in [1.54, 1.807) is 26.0 Å². The minimum absolute atomic E-state index is 0.0816. The van der Waals surface area contributed by atoms with E-state index in [0.717, 1.165) is 42.1 Å². The summed E-state index contributed by atoms with van der Waals surface area (Å²) < 4.78 is 15.5. The Balaban J connectivity index is 2.06. The number of unbranched alkanes of at least 4 members (excludes halogenated alkanes) is 2. The molecule has 0 aliphatic carbocycles. The summed E-state index contributed by atoms with van der Waals surface area (Å²) in [5, 5.41) is -0.0816. The molecule has 2 rings (SSSR count). The SMILES string of the molecule is COC(=O)CCCCCN1C(=O)CCSC1c1cc(OC)ccc1OC. The number of ether oxygens (including phenoxy) is 3. The molecule has 1 aromatic carbocycles. The highest BCUT2D eigenvalue weighted by Gasteiger charge is 2.31. The molecule has 0 saturated carbocycles. The van der Waals surface area contributed by atoms with Gasteiger partial charge in [0.25, 0.3) is 0 Å². The van der Waals surface area contributed by atoms with Crippen molar-refractivity contribution in [2.45, 2.75) is 37.5 Å². The van der Waals surface area contributed by atoms with Crippen molar-refractivity contribution in [3.63, 3.8) is 0 Å². The van der Waals surface area contributed by atoms with Crippen molar-refractivity contribution < 1.29 is 23.8 Å². The number of thioether (sulfide) groups is 1. The van der Waals surface area contributed by atoms with E-state index in [1.165, 1.54) is 7.11 Å². The zero-order valence-electron chi connectivity index (χ0n) is 15.7. The van der Waals surface area contributed by atoms with Crippen LogP contribution in [0.4, 0.5) is 0 Å². The Hall–Kier alpha value is -1.89. The van der Waals surface area contributed by atoms with E-state index < -0.39 is 0 Å². The first-order valence-electron chi connectivity index (χ1n) is 8.80. The Morgan fingerprint density at radius 1 is 1.19 bits per heavy atom. The molecule has 0 radical (unpaired) electrons. The van der Waals surface area contributed by atoms with E-state index in [1.807, 2.05) is 23.1 Å². The van der Waals surface area contributed by atoms with E-state index in [-0.39, 0.29) is 17.3 Å². The number of methoxy groups -OCH3 is 3. The molecule has 1 atom stereocenters. The first-order valence-corrected chi connectivity index (χ1v) is 9.85. The van der Waals surface area contributed by atoms with Gasteiger partial charge in [-0.2, -0.15) is 0 Å². The Bertz CT molecular complexity index is 622. The number of hydrogen-bond donors (Lipinski definition) is 0. The van der Waals surface area contributed by atoms with Crippen molar-refractivity contribution in [3.8, 4) is 11.5 Å². The predicted molar refractivity (Wildman–Crippen MR) is 102 cm³/mol. The van der Waals surface area contributed by atoms with Crippen molar-refractivity contribution in [3.05, 3.63) is 23.8 Å². The maximum absolute atomic E-state index is 12.5. The molecule has 0 aromatic heterocycles. The molecule has 7 heteroatoms. The number of benzene rings is 1. The van der Waals surface area contributed by atoms with Crippen LogP contribution in [0.25, 0.3) is 0 Å².